The van der Waals surface area contributed by atoms with E-state index in [9.17, 15) is 9.59 Å². The molecule has 0 radical (unpaired) electrons. The van der Waals surface area contributed by atoms with Gasteiger partial charge in [-0.1, -0.05) is 30.3 Å². The van der Waals surface area contributed by atoms with Gasteiger partial charge >= 0.3 is 0 Å². The molecule has 3 aromatic carbocycles. The maximum absolute atomic E-state index is 12.5. The van der Waals surface area contributed by atoms with Gasteiger partial charge in [-0.05, 0) is 54.4 Å². The predicted octanol–water partition coefficient (Wildman–Crippen LogP) is 4.56. The van der Waals surface area contributed by atoms with Crippen LogP contribution in [0, 0.1) is 0 Å². The van der Waals surface area contributed by atoms with Crippen molar-refractivity contribution in [2.45, 2.75) is 19.8 Å². The number of carbonyl (C=O) groups is 2. The zero-order valence-electron chi connectivity index (χ0n) is 16.6. The second-order valence-corrected chi connectivity index (χ2v) is 7.11. The minimum atomic E-state index is -0.215. The number of nitrogens with one attached hydrogen (secondary N) is 3. The van der Waals surface area contributed by atoms with Crippen LogP contribution in [0.4, 0.5) is 11.4 Å². The number of nitrogens with zero attached hydrogens (tertiary/aromatic N) is 1. The molecule has 0 fully saturated rings. The van der Waals surface area contributed by atoms with Gasteiger partial charge in [0.15, 0.2) is 0 Å². The highest BCUT2D eigenvalue weighted by molar-refractivity contribution is 6.05. The highest BCUT2D eigenvalue weighted by Gasteiger charge is 2.09. The number of rotatable bonds is 6. The second kappa shape index (κ2) is 8.61. The van der Waals surface area contributed by atoms with Crippen molar-refractivity contribution in [3.8, 4) is 0 Å². The van der Waals surface area contributed by atoms with Gasteiger partial charge in [-0.25, -0.2) is 4.98 Å². The third-order valence-corrected chi connectivity index (χ3v) is 4.75. The third kappa shape index (κ3) is 4.72. The molecule has 0 saturated carbocycles. The largest absolute Gasteiger partial charge is 0.342 e. The van der Waals surface area contributed by atoms with Crippen LogP contribution in [0.1, 0.15) is 28.7 Å². The first-order chi connectivity index (χ1) is 14.6. The summed E-state index contributed by atoms with van der Waals surface area (Å²) in [4.78, 5) is 31.6. The van der Waals surface area contributed by atoms with E-state index in [0.717, 1.165) is 29.7 Å². The molecule has 0 aliphatic carbocycles. The molecular weight excluding hydrogens is 376 g/mol. The van der Waals surface area contributed by atoms with Crippen LogP contribution in [-0.2, 0) is 17.6 Å². The summed E-state index contributed by atoms with van der Waals surface area (Å²) in [6.45, 7) is 1.44. The standard InChI is InChI=1S/C24H22N4O2/c1-16(29)25-19-10-8-18(9-11-19)24(30)26-20-12-13-21-22(15-20)28-23(27-21)14-7-17-5-3-2-4-6-17/h2-6,8-13,15H,7,14H2,1H3,(H,25,29)(H,26,30)(H,27,28). The minimum Gasteiger partial charge on any atom is -0.342 e. The Morgan fingerprint density at radius 3 is 2.33 bits per heavy atom. The molecule has 30 heavy (non-hydrogen) atoms. The van der Waals surface area contributed by atoms with Gasteiger partial charge < -0.3 is 15.6 Å². The quantitative estimate of drug-likeness (QED) is 0.445. The van der Waals surface area contributed by atoms with E-state index in [4.69, 9.17) is 0 Å². The summed E-state index contributed by atoms with van der Waals surface area (Å²) in [5.41, 5.74) is 4.89. The summed E-state index contributed by atoms with van der Waals surface area (Å²) < 4.78 is 0. The van der Waals surface area contributed by atoms with Gasteiger partial charge in [-0.3, -0.25) is 9.59 Å². The summed E-state index contributed by atoms with van der Waals surface area (Å²) in [7, 11) is 0. The van der Waals surface area contributed by atoms with Crippen LogP contribution in [-0.4, -0.2) is 21.8 Å². The number of hydrogen-bond donors (Lipinski definition) is 3. The van der Waals surface area contributed by atoms with Crippen molar-refractivity contribution < 1.29 is 9.59 Å². The highest BCUT2D eigenvalue weighted by atomic mass is 16.2. The Bertz CT molecular complexity index is 1180. The Hall–Kier alpha value is -3.93. The van der Waals surface area contributed by atoms with E-state index >= 15 is 0 Å². The highest BCUT2D eigenvalue weighted by Crippen LogP contribution is 2.19. The minimum absolute atomic E-state index is 0.150. The molecule has 0 aliphatic heterocycles. The van der Waals surface area contributed by atoms with Crippen molar-refractivity contribution in [1.29, 1.82) is 0 Å². The molecular formula is C24H22N4O2. The Labute approximate surface area is 174 Å². The van der Waals surface area contributed by atoms with Crippen LogP contribution in [0.2, 0.25) is 0 Å². The number of H-pyrrole nitrogens is 1. The van der Waals surface area contributed by atoms with E-state index in [-0.39, 0.29) is 11.8 Å². The molecule has 0 bridgehead atoms. The van der Waals surface area contributed by atoms with Gasteiger partial charge in [0, 0.05) is 30.3 Å². The summed E-state index contributed by atoms with van der Waals surface area (Å²) in [5, 5.41) is 5.59. The normalized spacial score (nSPS) is 10.7. The lowest BCUT2D eigenvalue weighted by molar-refractivity contribution is -0.114. The molecule has 4 aromatic rings. The topological polar surface area (TPSA) is 86.9 Å². The molecule has 150 valence electrons. The summed E-state index contributed by atoms with van der Waals surface area (Å²) in [5.74, 6) is 0.557. The van der Waals surface area contributed by atoms with Crippen LogP contribution in [0.25, 0.3) is 11.0 Å². The first kappa shape index (κ1) is 19.4. The lowest BCUT2D eigenvalue weighted by Crippen LogP contribution is -2.12. The van der Waals surface area contributed by atoms with Gasteiger partial charge in [-0.2, -0.15) is 0 Å². The van der Waals surface area contributed by atoms with E-state index < -0.39 is 0 Å². The van der Waals surface area contributed by atoms with Crippen LogP contribution in [0.3, 0.4) is 0 Å². The molecule has 3 N–H and O–H groups in total. The number of anilines is 2. The molecule has 6 nitrogen and oxygen atoms in total. The van der Waals surface area contributed by atoms with Crippen molar-refractivity contribution >= 4 is 34.2 Å². The van der Waals surface area contributed by atoms with Crippen molar-refractivity contribution in [3.63, 3.8) is 0 Å². The zero-order valence-corrected chi connectivity index (χ0v) is 16.6. The Morgan fingerprint density at radius 1 is 0.867 bits per heavy atom. The average Bonchev–Trinajstić information content (AvgIpc) is 3.15. The number of hydrogen-bond acceptors (Lipinski definition) is 3. The van der Waals surface area contributed by atoms with Crippen molar-refractivity contribution in [2.24, 2.45) is 0 Å². The van der Waals surface area contributed by atoms with E-state index in [2.05, 4.69) is 32.7 Å². The SMILES string of the molecule is CC(=O)Nc1ccc(C(=O)Nc2ccc3nc(CCc4ccccc4)[nH]c3c2)cc1. The van der Waals surface area contributed by atoms with Crippen LogP contribution in [0.15, 0.2) is 72.8 Å². The molecule has 1 aromatic heterocycles. The van der Waals surface area contributed by atoms with Crippen molar-refractivity contribution in [3.05, 3.63) is 89.7 Å². The van der Waals surface area contributed by atoms with Gasteiger partial charge in [0.25, 0.3) is 5.91 Å². The lowest BCUT2D eigenvalue weighted by Gasteiger charge is -2.07. The molecule has 0 spiro atoms. The Kier molecular flexibility index (Phi) is 5.57. The van der Waals surface area contributed by atoms with Gasteiger partial charge in [0.2, 0.25) is 5.91 Å². The van der Waals surface area contributed by atoms with E-state index in [1.165, 1.54) is 12.5 Å². The van der Waals surface area contributed by atoms with Gasteiger partial charge in [-0.15, -0.1) is 0 Å². The molecule has 0 unspecified atom stereocenters. The molecule has 1 heterocycles. The van der Waals surface area contributed by atoms with Gasteiger partial charge in [0.05, 0.1) is 11.0 Å². The van der Waals surface area contributed by atoms with Crippen molar-refractivity contribution in [1.82, 2.24) is 9.97 Å². The molecule has 4 rings (SSSR count). The van der Waals surface area contributed by atoms with Crippen LogP contribution >= 0.6 is 0 Å². The third-order valence-electron chi connectivity index (χ3n) is 4.75. The first-order valence-electron chi connectivity index (χ1n) is 9.78. The first-order valence-corrected chi connectivity index (χ1v) is 9.78. The number of amides is 2. The van der Waals surface area contributed by atoms with Gasteiger partial charge in [0.1, 0.15) is 5.82 Å². The van der Waals surface area contributed by atoms with E-state index in [1.54, 1.807) is 24.3 Å². The van der Waals surface area contributed by atoms with E-state index in [1.807, 2.05) is 36.4 Å². The van der Waals surface area contributed by atoms with Crippen LogP contribution < -0.4 is 10.6 Å². The maximum atomic E-state index is 12.5. The zero-order chi connectivity index (χ0) is 20.9. The second-order valence-electron chi connectivity index (χ2n) is 7.11. The Balaban J connectivity index is 1.43. The monoisotopic (exact) mass is 398 g/mol. The fraction of sp³-hybridized carbons (Fsp3) is 0.125. The summed E-state index contributed by atoms with van der Waals surface area (Å²) >= 11 is 0. The van der Waals surface area contributed by atoms with Crippen molar-refractivity contribution in [2.75, 3.05) is 10.6 Å². The number of aryl methyl sites for hydroxylation is 2. The summed E-state index contributed by atoms with van der Waals surface area (Å²) in [6.07, 6.45) is 1.74. The molecule has 6 heteroatoms. The fourth-order valence-electron chi connectivity index (χ4n) is 3.28. The molecule has 0 atom stereocenters. The lowest BCUT2D eigenvalue weighted by atomic mass is 10.1. The smallest absolute Gasteiger partial charge is 0.255 e. The molecule has 2 amide bonds. The number of fused-ring (bicyclic) bond motifs is 1. The predicted molar refractivity (Wildman–Crippen MR) is 119 cm³/mol. The number of benzene rings is 3. The number of imidazole rings is 1. The molecule has 0 aliphatic rings. The summed E-state index contributed by atoms with van der Waals surface area (Å²) in [6, 6.07) is 22.7. The number of aromatic amines is 1. The number of aromatic nitrogens is 2. The number of carbonyl (C=O) groups excluding carboxylic acids is 2. The average molecular weight is 398 g/mol. The van der Waals surface area contributed by atoms with Crippen LogP contribution in [0.5, 0.6) is 0 Å². The fourth-order valence-corrected chi connectivity index (χ4v) is 3.28. The van der Waals surface area contributed by atoms with E-state index in [0.29, 0.717) is 16.9 Å². The maximum Gasteiger partial charge on any atom is 0.255 e. The molecule has 0 saturated heterocycles. The Morgan fingerprint density at radius 2 is 1.60 bits per heavy atom.